The number of carbonyl (C=O) groups excluding carboxylic acids is 4. The van der Waals surface area contributed by atoms with Gasteiger partial charge < -0.3 is 10.2 Å². The van der Waals surface area contributed by atoms with Gasteiger partial charge >= 0.3 is 0 Å². The average Bonchev–Trinajstić information content (AvgIpc) is 2.93. The van der Waals surface area contributed by atoms with Gasteiger partial charge in [-0.1, -0.05) is 0 Å². The van der Waals surface area contributed by atoms with Crippen LogP contribution in [0.15, 0.2) is 42.5 Å². The molecule has 144 valence electrons. The van der Waals surface area contributed by atoms with Crippen LogP contribution in [0.4, 0.5) is 5.69 Å². The number of hydrogen-bond donors (Lipinski definition) is 1. The summed E-state index contributed by atoms with van der Waals surface area (Å²) in [5, 5.41) is 2.74. The van der Waals surface area contributed by atoms with E-state index in [0.29, 0.717) is 29.9 Å². The molecule has 0 unspecified atom stereocenters. The Hall–Kier alpha value is -3.48. The van der Waals surface area contributed by atoms with Crippen LogP contribution in [0.3, 0.4) is 0 Å². The highest BCUT2D eigenvalue weighted by Gasteiger charge is 2.33. The van der Waals surface area contributed by atoms with Gasteiger partial charge in [-0.25, -0.2) is 0 Å². The Kier molecular flexibility index (Phi) is 5.26. The molecule has 0 bridgehead atoms. The summed E-state index contributed by atoms with van der Waals surface area (Å²) in [6, 6.07) is 11.1. The van der Waals surface area contributed by atoms with Crippen LogP contribution in [0.5, 0.6) is 0 Å². The van der Waals surface area contributed by atoms with E-state index in [2.05, 4.69) is 5.32 Å². The van der Waals surface area contributed by atoms with Crippen molar-refractivity contribution < 1.29 is 19.2 Å². The van der Waals surface area contributed by atoms with Gasteiger partial charge in [-0.3, -0.25) is 24.1 Å². The summed E-state index contributed by atoms with van der Waals surface area (Å²) in [5.41, 5.74) is 1.87. The zero-order valence-corrected chi connectivity index (χ0v) is 16.0. The molecule has 0 fully saturated rings. The van der Waals surface area contributed by atoms with Crippen LogP contribution in [0.25, 0.3) is 0 Å². The third-order valence-corrected chi connectivity index (χ3v) is 4.79. The fraction of sp³-hybridized carbons (Fsp3) is 0.238. The molecule has 28 heavy (non-hydrogen) atoms. The van der Waals surface area contributed by atoms with Crippen LogP contribution in [-0.4, -0.2) is 53.6 Å². The van der Waals surface area contributed by atoms with E-state index < -0.39 is 11.8 Å². The van der Waals surface area contributed by atoms with Crippen molar-refractivity contribution in [3.8, 4) is 0 Å². The molecule has 1 N–H and O–H groups in total. The van der Waals surface area contributed by atoms with E-state index in [4.69, 9.17) is 0 Å². The number of nitrogens with zero attached hydrogens (tertiary/aromatic N) is 2. The predicted octanol–water partition coefficient (Wildman–Crippen LogP) is 2.65. The number of nitrogens with one attached hydrogen (secondary N) is 1. The van der Waals surface area contributed by atoms with E-state index in [-0.39, 0.29) is 22.9 Å². The van der Waals surface area contributed by atoms with Crippen molar-refractivity contribution in [2.24, 2.45) is 0 Å². The topological polar surface area (TPSA) is 86.8 Å². The highest BCUT2D eigenvalue weighted by Crippen LogP contribution is 2.23. The Morgan fingerprint density at radius 2 is 1.46 bits per heavy atom. The van der Waals surface area contributed by atoms with Crippen LogP contribution in [0, 0.1) is 0 Å². The summed E-state index contributed by atoms with van der Waals surface area (Å²) in [7, 11) is 1.41. The lowest BCUT2D eigenvalue weighted by Crippen LogP contribution is -2.30. The van der Waals surface area contributed by atoms with E-state index in [1.807, 2.05) is 13.8 Å². The maximum absolute atomic E-state index is 12.5. The fourth-order valence-electron chi connectivity index (χ4n) is 3.10. The minimum atomic E-state index is -0.422. The zero-order valence-electron chi connectivity index (χ0n) is 16.0. The average molecular weight is 379 g/mol. The Bertz CT molecular complexity index is 962. The summed E-state index contributed by atoms with van der Waals surface area (Å²) in [4.78, 5) is 51.6. The normalized spacial score (nSPS) is 12.8. The van der Waals surface area contributed by atoms with Crippen molar-refractivity contribution >= 4 is 29.3 Å². The Morgan fingerprint density at radius 1 is 0.893 bits per heavy atom. The molecule has 0 atom stereocenters. The van der Waals surface area contributed by atoms with E-state index in [1.165, 1.54) is 25.2 Å². The maximum Gasteiger partial charge on any atom is 0.261 e. The molecule has 0 spiro atoms. The van der Waals surface area contributed by atoms with Crippen molar-refractivity contribution in [3.63, 3.8) is 0 Å². The molecule has 1 aliphatic rings. The third kappa shape index (κ3) is 3.38. The number of benzene rings is 2. The standard InChI is InChI=1S/C21H21N3O4/c1-4-24(5-2)19(26)13-6-9-15(10-7-13)22-18(25)14-8-11-16-17(12-14)21(28)23(3)20(16)27/h6-12H,4-5H2,1-3H3,(H,22,25). The lowest BCUT2D eigenvalue weighted by atomic mass is 10.1. The quantitative estimate of drug-likeness (QED) is 0.809. The van der Waals surface area contributed by atoms with Gasteiger partial charge in [-0.15, -0.1) is 0 Å². The highest BCUT2D eigenvalue weighted by atomic mass is 16.2. The smallest absolute Gasteiger partial charge is 0.261 e. The first-order valence-corrected chi connectivity index (χ1v) is 9.04. The fourth-order valence-corrected chi connectivity index (χ4v) is 3.10. The second kappa shape index (κ2) is 7.64. The molecule has 1 aliphatic heterocycles. The maximum atomic E-state index is 12.5. The summed E-state index contributed by atoms with van der Waals surface area (Å²) >= 11 is 0. The molecule has 4 amide bonds. The molecule has 7 heteroatoms. The first-order valence-electron chi connectivity index (χ1n) is 9.04. The Labute approximate surface area is 162 Å². The molecular formula is C21H21N3O4. The number of imide groups is 1. The minimum absolute atomic E-state index is 0.0613. The summed E-state index contributed by atoms with van der Waals surface area (Å²) in [6.45, 7) is 5.09. The van der Waals surface area contributed by atoms with Crippen LogP contribution < -0.4 is 5.32 Å². The number of rotatable bonds is 5. The van der Waals surface area contributed by atoms with E-state index in [0.717, 1.165) is 4.90 Å². The van der Waals surface area contributed by atoms with Gasteiger partial charge in [0.2, 0.25) is 0 Å². The predicted molar refractivity (Wildman–Crippen MR) is 105 cm³/mol. The first kappa shape index (κ1) is 19.3. The monoisotopic (exact) mass is 379 g/mol. The van der Waals surface area contributed by atoms with Crippen molar-refractivity contribution in [2.75, 3.05) is 25.5 Å². The summed E-state index contributed by atoms with van der Waals surface area (Å²) in [5.74, 6) is -1.26. The molecule has 2 aromatic rings. The van der Waals surface area contributed by atoms with Crippen molar-refractivity contribution in [3.05, 3.63) is 64.7 Å². The van der Waals surface area contributed by atoms with Gasteiger partial charge in [-0.05, 0) is 56.3 Å². The number of hydrogen-bond acceptors (Lipinski definition) is 4. The van der Waals surface area contributed by atoms with Crippen LogP contribution in [0.1, 0.15) is 55.3 Å². The molecule has 0 radical (unpaired) electrons. The van der Waals surface area contributed by atoms with E-state index >= 15 is 0 Å². The van der Waals surface area contributed by atoms with Crippen LogP contribution in [-0.2, 0) is 0 Å². The lowest BCUT2D eigenvalue weighted by molar-refractivity contribution is 0.0691. The van der Waals surface area contributed by atoms with Crippen molar-refractivity contribution in [1.82, 2.24) is 9.80 Å². The molecule has 2 aromatic carbocycles. The van der Waals surface area contributed by atoms with Gasteiger partial charge in [0.05, 0.1) is 11.1 Å². The SMILES string of the molecule is CCN(CC)C(=O)c1ccc(NC(=O)c2ccc3c(c2)C(=O)N(C)C3=O)cc1. The van der Waals surface area contributed by atoms with E-state index in [1.54, 1.807) is 29.2 Å². The van der Waals surface area contributed by atoms with Crippen molar-refractivity contribution in [2.45, 2.75) is 13.8 Å². The van der Waals surface area contributed by atoms with Crippen LogP contribution >= 0.6 is 0 Å². The molecule has 0 saturated carbocycles. The van der Waals surface area contributed by atoms with Gasteiger partial charge in [0.1, 0.15) is 0 Å². The summed E-state index contributed by atoms with van der Waals surface area (Å²) in [6.07, 6.45) is 0. The van der Waals surface area contributed by atoms with Crippen LogP contribution in [0.2, 0.25) is 0 Å². The third-order valence-electron chi connectivity index (χ3n) is 4.79. The molecule has 0 aromatic heterocycles. The highest BCUT2D eigenvalue weighted by molar-refractivity contribution is 6.22. The Morgan fingerprint density at radius 3 is 2.07 bits per heavy atom. The molecular weight excluding hydrogens is 358 g/mol. The largest absolute Gasteiger partial charge is 0.339 e. The summed E-state index contributed by atoms with van der Waals surface area (Å²) < 4.78 is 0. The second-order valence-corrected chi connectivity index (χ2v) is 6.44. The molecule has 1 heterocycles. The minimum Gasteiger partial charge on any atom is -0.339 e. The van der Waals surface area contributed by atoms with Gasteiger partial charge in [0.25, 0.3) is 23.6 Å². The first-order chi connectivity index (χ1) is 13.4. The van der Waals surface area contributed by atoms with Gasteiger partial charge in [-0.2, -0.15) is 0 Å². The molecule has 3 rings (SSSR count). The van der Waals surface area contributed by atoms with Gasteiger partial charge in [0.15, 0.2) is 0 Å². The number of anilines is 1. The van der Waals surface area contributed by atoms with Gasteiger partial charge in [0, 0.05) is 37.0 Å². The molecule has 7 nitrogen and oxygen atoms in total. The number of amides is 4. The number of carbonyl (C=O) groups is 4. The van der Waals surface area contributed by atoms with E-state index in [9.17, 15) is 19.2 Å². The second-order valence-electron chi connectivity index (χ2n) is 6.44. The molecule has 0 saturated heterocycles. The number of fused-ring (bicyclic) bond motifs is 1. The molecule has 0 aliphatic carbocycles. The Balaban J connectivity index is 1.75. The zero-order chi connectivity index (χ0) is 20.4. The van der Waals surface area contributed by atoms with Crippen molar-refractivity contribution in [1.29, 1.82) is 0 Å². The lowest BCUT2D eigenvalue weighted by Gasteiger charge is -2.18.